The lowest BCUT2D eigenvalue weighted by Crippen LogP contribution is -2.26. The van der Waals surface area contributed by atoms with Crippen LogP contribution < -0.4 is 5.32 Å². The summed E-state index contributed by atoms with van der Waals surface area (Å²) in [5.74, 6) is 2.13. The second-order valence-electron chi connectivity index (χ2n) is 4.34. The van der Waals surface area contributed by atoms with Crippen LogP contribution in [0.4, 0.5) is 0 Å². The summed E-state index contributed by atoms with van der Waals surface area (Å²) in [6.07, 6.45) is 5.39. The summed E-state index contributed by atoms with van der Waals surface area (Å²) in [5.41, 5.74) is 0. The van der Waals surface area contributed by atoms with Crippen molar-refractivity contribution in [3.8, 4) is 0 Å². The van der Waals surface area contributed by atoms with Gasteiger partial charge in [-0.05, 0) is 43.4 Å². The number of nitrogens with one attached hydrogen (secondary N) is 1. The molecule has 2 rings (SSSR count). The Morgan fingerprint density at radius 2 is 2.27 bits per heavy atom. The Hall–Kier alpha value is -0.800. The van der Waals surface area contributed by atoms with Gasteiger partial charge in [0.05, 0.1) is 12.8 Å². The van der Waals surface area contributed by atoms with Crippen molar-refractivity contribution >= 4 is 0 Å². The molecule has 0 amide bonds. The van der Waals surface area contributed by atoms with Crippen LogP contribution in [0.15, 0.2) is 22.8 Å². The third-order valence-electron chi connectivity index (χ3n) is 3.34. The fourth-order valence-electron chi connectivity index (χ4n) is 2.42. The van der Waals surface area contributed by atoms with Crippen LogP contribution in [0.25, 0.3) is 0 Å². The van der Waals surface area contributed by atoms with E-state index in [-0.39, 0.29) is 0 Å². The fourth-order valence-corrected chi connectivity index (χ4v) is 2.42. The second kappa shape index (κ2) is 5.33. The molecule has 2 N–H and O–H groups in total. The summed E-state index contributed by atoms with van der Waals surface area (Å²) in [4.78, 5) is 0. The molecular formula is C12H19NO2. The van der Waals surface area contributed by atoms with Crippen molar-refractivity contribution in [2.45, 2.75) is 25.8 Å². The van der Waals surface area contributed by atoms with Crippen LogP contribution in [0.3, 0.4) is 0 Å². The van der Waals surface area contributed by atoms with E-state index in [0.717, 1.165) is 18.8 Å². The lowest BCUT2D eigenvalue weighted by atomic mass is 9.97. The van der Waals surface area contributed by atoms with Gasteiger partial charge in [-0.3, -0.25) is 0 Å². The molecule has 3 heteroatoms. The highest BCUT2D eigenvalue weighted by molar-refractivity contribution is 4.97. The van der Waals surface area contributed by atoms with Crippen molar-refractivity contribution in [1.82, 2.24) is 5.32 Å². The standard InChI is InChI=1S/C12H19NO2/c14-9-11-4-1-3-10(11)7-13-8-12-5-2-6-15-12/h2,5-6,10-11,13-14H,1,3-4,7-9H2. The molecule has 2 unspecified atom stereocenters. The van der Waals surface area contributed by atoms with Crippen LogP contribution in [0, 0.1) is 11.8 Å². The largest absolute Gasteiger partial charge is 0.468 e. The van der Waals surface area contributed by atoms with Crippen LogP contribution in [-0.4, -0.2) is 18.3 Å². The predicted molar refractivity (Wildman–Crippen MR) is 58.3 cm³/mol. The van der Waals surface area contributed by atoms with Gasteiger partial charge in [-0.1, -0.05) is 6.42 Å². The average Bonchev–Trinajstić information content (AvgIpc) is 2.88. The van der Waals surface area contributed by atoms with E-state index in [4.69, 9.17) is 4.42 Å². The van der Waals surface area contributed by atoms with Crippen LogP contribution in [-0.2, 0) is 6.54 Å². The maximum atomic E-state index is 9.17. The minimum absolute atomic E-state index is 0.340. The van der Waals surface area contributed by atoms with Gasteiger partial charge in [0.2, 0.25) is 0 Å². The average molecular weight is 209 g/mol. The normalized spacial score (nSPS) is 25.9. The molecule has 0 bridgehead atoms. The summed E-state index contributed by atoms with van der Waals surface area (Å²) in [5, 5.41) is 12.6. The lowest BCUT2D eigenvalue weighted by molar-refractivity contribution is 0.192. The Kier molecular flexibility index (Phi) is 3.80. The smallest absolute Gasteiger partial charge is 0.117 e. The zero-order chi connectivity index (χ0) is 10.5. The molecular weight excluding hydrogens is 190 g/mol. The van der Waals surface area contributed by atoms with Crippen molar-refractivity contribution in [2.75, 3.05) is 13.2 Å². The van der Waals surface area contributed by atoms with Gasteiger partial charge in [-0.15, -0.1) is 0 Å². The first kappa shape index (κ1) is 10.7. The Morgan fingerprint density at radius 1 is 1.40 bits per heavy atom. The van der Waals surface area contributed by atoms with E-state index in [1.165, 1.54) is 19.3 Å². The van der Waals surface area contributed by atoms with Gasteiger partial charge in [-0.25, -0.2) is 0 Å². The Morgan fingerprint density at radius 3 is 3.00 bits per heavy atom. The second-order valence-corrected chi connectivity index (χ2v) is 4.34. The van der Waals surface area contributed by atoms with Crippen molar-refractivity contribution in [2.24, 2.45) is 11.8 Å². The molecule has 1 aromatic rings. The van der Waals surface area contributed by atoms with E-state index >= 15 is 0 Å². The first-order chi connectivity index (χ1) is 7.40. The molecule has 84 valence electrons. The van der Waals surface area contributed by atoms with Crippen LogP contribution in [0.5, 0.6) is 0 Å². The fraction of sp³-hybridized carbons (Fsp3) is 0.667. The maximum Gasteiger partial charge on any atom is 0.117 e. The van der Waals surface area contributed by atoms with E-state index in [9.17, 15) is 5.11 Å². The van der Waals surface area contributed by atoms with E-state index in [2.05, 4.69) is 5.32 Å². The van der Waals surface area contributed by atoms with Gasteiger partial charge in [0.1, 0.15) is 5.76 Å². The van der Waals surface area contributed by atoms with Crippen LogP contribution in [0.1, 0.15) is 25.0 Å². The Balaban J connectivity index is 1.69. The van der Waals surface area contributed by atoms with Gasteiger partial charge in [0.15, 0.2) is 0 Å². The molecule has 2 atom stereocenters. The highest BCUT2D eigenvalue weighted by Crippen LogP contribution is 2.30. The molecule has 0 aromatic carbocycles. The highest BCUT2D eigenvalue weighted by atomic mass is 16.3. The highest BCUT2D eigenvalue weighted by Gasteiger charge is 2.25. The molecule has 1 aromatic heterocycles. The molecule has 0 radical (unpaired) electrons. The van der Waals surface area contributed by atoms with Gasteiger partial charge in [-0.2, -0.15) is 0 Å². The van der Waals surface area contributed by atoms with E-state index in [1.54, 1.807) is 6.26 Å². The predicted octanol–water partition coefficient (Wildman–Crippen LogP) is 1.78. The molecule has 1 fully saturated rings. The number of hydrogen-bond acceptors (Lipinski definition) is 3. The summed E-state index contributed by atoms with van der Waals surface area (Å²) in [7, 11) is 0. The van der Waals surface area contributed by atoms with E-state index in [1.807, 2.05) is 12.1 Å². The van der Waals surface area contributed by atoms with Crippen molar-refractivity contribution in [1.29, 1.82) is 0 Å². The van der Waals surface area contributed by atoms with Crippen LogP contribution in [0.2, 0.25) is 0 Å². The molecule has 1 aliphatic carbocycles. The zero-order valence-corrected chi connectivity index (χ0v) is 8.98. The van der Waals surface area contributed by atoms with E-state index in [0.29, 0.717) is 18.4 Å². The molecule has 3 nitrogen and oxygen atoms in total. The van der Waals surface area contributed by atoms with Crippen molar-refractivity contribution in [3.63, 3.8) is 0 Å². The number of aliphatic hydroxyl groups excluding tert-OH is 1. The molecule has 1 aliphatic rings. The molecule has 1 saturated carbocycles. The van der Waals surface area contributed by atoms with Gasteiger partial charge >= 0.3 is 0 Å². The zero-order valence-electron chi connectivity index (χ0n) is 8.98. The Bertz CT molecular complexity index is 271. The summed E-state index contributed by atoms with van der Waals surface area (Å²) < 4.78 is 5.24. The number of aliphatic hydroxyl groups is 1. The summed E-state index contributed by atoms with van der Waals surface area (Å²) in [6.45, 7) is 2.13. The van der Waals surface area contributed by atoms with Gasteiger partial charge < -0.3 is 14.8 Å². The quantitative estimate of drug-likeness (QED) is 0.777. The van der Waals surface area contributed by atoms with Crippen molar-refractivity contribution < 1.29 is 9.52 Å². The number of hydrogen-bond donors (Lipinski definition) is 2. The topological polar surface area (TPSA) is 45.4 Å². The number of rotatable bonds is 5. The number of furan rings is 1. The van der Waals surface area contributed by atoms with E-state index < -0.39 is 0 Å². The van der Waals surface area contributed by atoms with Crippen molar-refractivity contribution in [3.05, 3.63) is 24.2 Å². The lowest BCUT2D eigenvalue weighted by Gasteiger charge is -2.17. The molecule has 0 aliphatic heterocycles. The van der Waals surface area contributed by atoms with Gasteiger partial charge in [0, 0.05) is 6.61 Å². The minimum atomic E-state index is 0.340. The SMILES string of the molecule is OCC1CCCC1CNCc1ccco1. The molecule has 0 spiro atoms. The monoisotopic (exact) mass is 209 g/mol. The maximum absolute atomic E-state index is 9.17. The molecule has 1 heterocycles. The summed E-state index contributed by atoms with van der Waals surface area (Å²) >= 11 is 0. The summed E-state index contributed by atoms with van der Waals surface area (Å²) in [6, 6.07) is 3.88. The Labute approximate surface area is 90.5 Å². The van der Waals surface area contributed by atoms with Gasteiger partial charge in [0.25, 0.3) is 0 Å². The first-order valence-corrected chi connectivity index (χ1v) is 5.74. The molecule has 0 saturated heterocycles. The first-order valence-electron chi connectivity index (χ1n) is 5.74. The molecule has 15 heavy (non-hydrogen) atoms. The van der Waals surface area contributed by atoms with Crippen LogP contribution >= 0.6 is 0 Å². The minimum Gasteiger partial charge on any atom is -0.468 e. The third kappa shape index (κ3) is 2.83. The third-order valence-corrected chi connectivity index (χ3v) is 3.34.